The number of nitrogens with zero attached hydrogens (tertiary/aromatic N) is 3. The normalized spacial score (nSPS) is 25.1. The molecule has 0 aliphatic carbocycles. The molecule has 4 heterocycles. The van der Waals surface area contributed by atoms with Gasteiger partial charge in [-0.25, -0.2) is 4.98 Å². The van der Waals surface area contributed by atoms with E-state index < -0.39 is 11.7 Å². The van der Waals surface area contributed by atoms with Gasteiger partial charge in [0.15, 0.2) is 6.10 Å². The molecule has 7 nitrogen and oxygen atoms in total. The van der Waals surface area contributed by atoms with Gasteiger partial charge in [0, 0.05) is 45.2 Å². The van der Waals surface area contributed by atoms with Crippen molar-refractivity contribution < 1.29 is 14.3 Å². The zero-order valence-electron chi connectivity index (χ0n) is 19.2. The van der Waals surface area contributed by atoms with E-state index in [4.69, 9.17) is 9.47 Å². The number of carbonyl (C=O) groups is 1. The third-order valence-corrected chi connectivity index (χ3v) is 7.03. The fourth-order valence-electron chi connectivity index (χ4n) is 5.50. The van der Waals surface area contributed by atoms with Crippen LogP contribution in [-0.4, -0.2) is 58.8 Å². The van der Waals surface area contributed by atoms with Gasteiger partial charge in [-0.2, -0.15) is 0 Å². The molecule has 5 rings (SSSR count). The topological polar surface area (TPSA) is 68.6 Å². The fourth-order valence-corrected chi connectivity index (χ4v) is 5.50. The molecule has 2 fully saturated rings. The molecule has 2 aromatic rings. The number of fused-ring (bicyclic) bond motifs is 2. The molecule has 0 unspecified atom stereocenters. The smallest absolute Gasteiger partial charge is 0.251 e. The number of piperidine rings is 1. The van der Waals surface area contributed by atoms with E-state index in [9.17, 15) is 4.79 Å². The standard InChI is InChI=1S/C25H34N4O3/c1-18-12-19(2)14-20(13-18)16-28-8-5-25(6-9-28)24-26-7-10-29(24)17-22(32-25)23(30)27-15-21-4-3-11-31-21/h7,10,12-14,21-22H,3-6,8-9,11,15-17H2,1-2H3,(H,27,30)/t21-,22+/m1/s1. The number of ether oxygens (including phenoxy) is 2. The highest BCUT2D eigenvalue weighted by molar-refractivity contribution is 5.81. The lowest BCUT2D eigenvalue weighted by Gasteiger charge is -2.45. The molecular weight excluding hydrogens is 404 g/mol. The molecule has 1 aromatic heterocycles. The maximum atomic E-state index is 12.9. The van der Waals surface area contributed by atoms with Gasteiger partial charge in [0.2, 0.25) is 0 Å². The van der Waals surface area contributed by atoms with Crippen molar-refractivity contribution in [2.75, 3.05) is 26.2 Å². The van der Waals surface area contributed by atoms with E-state index in [2.05, 4.69) is 51.8 Å². The largest absolute Gasteiger partial charge is 0.376 e. The molecule has 1 spiro atoms. The summed E-state index contributed by atoms with van der Waals surface area (Å²) in [5, 5.41) is 3.06. The summed E-state index contributed by atoms with van der Waals surface area (Å²) in [6.45, 7) is 8.96. The fraction of sp³-hybridized carbons (Fsp3) is 0.600. The maximum absolute atomic E-state index is 12.9. The van der Waals surface area contributed by atoms with E-state index in [-0.39, 0.29) is 12.0 Å². The van der Waals surface area contributed by atoms with Crippen LogP contribution in [0.15, 0.2) is 30.6 Å². The summed E-state index contributed by atoms with van der Waals surface area (Å²) in [6, 6.07) is 6.76. The number of imidazole rings is 1. The molecule has 7 heteroatoms. The number of amides is 1. The predicted octanol–water partition coefficient (Wildman–Crippen LogP) is 2.69. The molecule has 1 N–H and O–H groups in total. The highest BCUT2D eigenvalue weighted by Crippen LogP contribution is 2.40. The Balaban J connectivity index is 1.25. The Morgan fingerprint density at radius 2 is 2.00 bits per heavy atom. The number of hydrogen-bond donors (Lipinski definition) is 1. The minimum atomic E-state index is -0.496. The maximum Gasteiger partial charge on any atom is 0.251 e. The molecular formula is C25H34N4O3. The van der Waals surface area contributed by atoms with Gasteiger partial charge in [0.25, 0.3) is 5.91 Å². The van der Waals surface area contributed by atoms with Gasteiger partial charge in [-0.05, 0) is 45.1 Å². The van der Waals surface area contributed by atoms with E-state index in [0.717, 1.165) is 57.7 Å². The van der Waals surface area contributed by atoms with E-state index in [0.29, 0.717) is 13.1 Å². The first-order valence-electron chi connectivity index (χ1n) is 11.9. The molecule has 172 valence electrons. The number of carbonyl (C=O) groups excluding carboxylic acids is 1. The monoisotopic (exact) mass is 438 g/mol. The van der Waals surface area contributed by atoms with Gasteiger partial charge >= 0.3 is 0 Å². The number of hydrogen-bond acceptors (Lipinski definition) is 5. The SMILES string of the molecule is Cc1cc(C)cc(CN2CCC3(CC2)O[C@H](C(=O)NC[C@H]2CCCO2)Cn2ccnc23)c1. The summed E-state index contributed by atoms with van der Waals surface area (Å²) in [6.07, 6.45) is 7.20. The third kappa shape index (κ3) is 4.47. The van der Waals surface area contributed by atoms with Crippen molar-refractivity contribution in [1.82, 2.24) is 19.8 Å². The molecule has 1 aromatic carbocycles. The average molecular weight is 439 g/mol. The van der Waals surface area contributed by atoms with Crippen LogP contribution < -0.4 is 5.32 Å². The van der Waals surface area contributed by atoms with Crippen LogP contribution in [0.1, 0.15) is 48.2 Å². The van der Waals surface area contributed by atoms with Gasteiger partial charge in [-0.1, -0.05) is 29.3 Å². The minimum absolute atomic E-state index is 0.0445. The van der Waals surface area contributed by atoms with Crippen LogP contribution in [0.25, 0.3) is 0 Å². The van der Waals surface area contributed by atoms with Crippen molar-refractivity contribution >= 4 is 5.91 Å². The van der Waals surface area contributed by atoms with Crippen molar-refractivity contribution in [3.63, 3.8) is 0 Å². The zero-order chi connectivity index (χ0) is 22.1. The molecule has 0 saturated carbocycles. The van der Waals surface area contributed by atoms with Gasteiger partial charge in [-0.3, -0.25) is 9.69 Å². The van der Waals surface area contributed by atoms with Crippen LogP contribution >= 0.6 is 0 Å². The summed E-state index contributed by atoms with van der Waals surface area (Å²) >= 11 is 0. The van der Waals surface area contributed by atoms with Crippen LogP contribution in [0.4, 0.5) is 0 Å². The van der Waals surface area contributed by atoms with Crippen LogP contribution in [0.3, 0.4) is 0 Å². The first kappa shape index (κ1) is 21.6. The van der Waals surface area contributed by atoms with Crippen molar-refractivity contribution in [2.24, 2.45) is 0 Å². The number of nitrogens with one attached hydrogen (secondary N) is 1. The number of aromatic nitrogens is 2. The van der Waals surface area contributed by atoms with E-state index in [1.807, 2.05) is 12.4 Å². The lowest BCUT2D eigenvalue weighted by molar-refractivity contribution is -0.174. The van der Waals surface area contributed by atoms with Gasteiger partial charge in [-0.15, -0.1) is 0 Å². The van der Waals surface area contributed by atoms with Crippen molar-refractivity contribution in [2.45, 2.75) is 70.4 Å². The van der Waals surface area contributed by atoms with Gasteiger partial charge in [0.05, 0.1) is 12.6 Å². The van der Waals surface area contributed by atoms with E-state index >= 15 is 0 Å². The second-order valence-electron chi connectivity index (χ2n) is 9.66. The summed E-state index contributed by atoms with van der Waals surface area (Å²) in [5.74, 6) is 0.920. The molecule has 32 heavy (non-hydrogen) atoms. The Labute approximate surface area is 190 Å². The second kappa shape index (κ2) is 8.96. The molecule has 3 aliphatic heterocycles. The summed E-state index contributed by atoms with van der Waals surface area (Å²) < 4.78 is 14.3. The van der Waals surface area contributed by atoms with E-state index in [1.54, 1.807) is 0 Å². The predicted molar refractivity (Wildman–Crippen MR) is 121 cm³/mol. The highest BCUT2D eigenvalue weighted by atomic mass is 16.5. The van der Waals surface area contributed by atoms with Crippen molar-refractivity contribution in [1.29, 1.82) is 0 Å². The zero-order valence-corrected chi connectivity index (χ0v) is 19.2. The quantitative estimate of drug-likeness (QED) is 0.777. The van der Waals surface area contributed by atoms with Crippen LogP contribution in [0, 0.1) is 13.8 Å². The molecule has 1 amide bonds. The highest BCUT2D eigenvalue weighted by Gasteiger charge is 2.47. The summed E-state index contributed by atoms with van der Waals surface area (Å²) in [5.41, 5.74) is 3.48. The number of likely N-dealkylation sites (tertiary alicyclic amines) is 1. The molecule has 2 atom stereocenters. The number of benzene rings is 1. The van der Waals surface area contributed by atoms with Crippen molar-refractivity contribution in [3.8, 4) is 0 Å². The average Bonchev–Trinajstić information content (AvgIpc) is 3.45. The molecule has 3 aliphatic rings. The lowest BCUT2D eigenvalue weighted by atomic mass is 9.88. The van der Waals surface area contributed by atoms with Crippen LogP contribution in [-0.2, 0) is 33.0 Å². The van der Waals surface area contributed by atoms with Gasteiger partial charge < -0.3 is 19.4 Å². The number of aryl methyl sites for hydroxylation is 2. The Bertz CT molecular complexity index is 938. The minimum Gasteiger partial charge on any atom is -0.376 e. The Morgan fingerprint density at radius 3 is 2.72 bits per heavy atom. The molecule has 0 bridgehead atoms. The first-order valence-corrected chi connectivity index (χ1v) is 11.9. The van der Waals surface area contributed by atoms with Crippen LogP contribution in [0.5, 0.6) is 0 Å². The Morgan fingerprint density at radius 1 is 1.22 bits per heavy atom. The lowest BCUT2D eigenvalue weighted by Crippen LogP contribution is -2.54. The first-order chi connectivity index (χ1) is 15.5. The Hall–Kier alpha value is -2.22. The second-order valence-corrected chi connectivity index (χ2v) is 9.66. The van der Waals surface area contributed by atoms with Crippen LogP contribution in [0.2, 0.25) is 0 Å². The van der Waals surface area contributed by atoms with E-state index in [1.165, 1.54) is 16.7 Å². The summed E-state index contributed by atoms with van der Waals surface area (Å²) in [7, 11) is 0. The van der Waals surface area contributed by atoms with Gasteiger partial charge in [0.1, 0.15) is 11.4 Å². The molecule has 0 radical (unpaired) electrons. The van der Waals surface area contributed by atoms with Crippen molar-refractivity contribution in [3.05, 3.63) is 53.1 Å². The molecule has 2 saturated heterocycles. The Kier molecular flexibility index (Phi) is 6.05. The summed E-state index contributed by atoms with van der Waals surface area (Å²) in [4.78, 5) is 20.1. The third-order valence-electron chi connectivity index (χ3n) is 7.03. The number of rotatable bonds is 5.